The molecule has 0 aromatic heterocycles. The second-order valence-electron chi connectivity index (χ2n) is 15.3. The quantitative estimate of drug-likeness (QED) is 0.173. The maximum atomic E-state index is 6.41. The van der Waals surface area contributed by atoms with Crippen molar-refractivity contribution in [3.63, 3.8) is 0 Å². The second-order valence-corrected chi connectivity index (χ2v) is 15.3. The second kappa shape index (κ2) is 12.1. The summed E-state index contributed by atoms with van der Waals surface area (Å²) in [5, 5.41) is 4.76. The molecule has 0 aliphatic rings. The highest BCUT2D eigenvalue weighted by atomic mass is 16.5. The lowest BCUT2D eigenvalue weighted by molar-refractivity contribution is 0.130. The van der Waals surface area contributed by atoms with Crippen molar-refractivity contribution in [2.45, 2.75) is 79.1 Å². The summed E-state index contributed by atoms with van der Waals surface area (Å²) >= 11 is 0. The van der Waals surface area contributed by atoms with Crippen LogP contribution in [0.1, 0.15) is 62.3 Å². The topological polar surface area (TPSA) is 27.7 Å². The van der Waals surface area contributed by atoms with E-state index in [0.29, 0.717) is 0 Å². The Morgan fingerprint density at radius 3 is 1.28 bits per heavy atom. The lowest BCUT2D eigenvalue weighted by Crippen LogP contribution is -2.23. The van der Waals surface area contributed by atoms with Crippen LogP contribution in [0.15, 0.2) is 115 Å². The van der Waals surface area contributed by atoms with Crippen LogP contribution in [0.25, 0.3) is 54.9 Å². The average Bonchev–Trinajstić information content (AvgIpc) is 2.97. The van der Waals surface area contributed by atoms with Crippen molar-refractivity contribution in [3.8, 4) is 50.6 Å². The summed E-state index contributed by atoms with van der Waals surface area (Å²) in [5.41, 5.74) is 5.69. The highest BCUT2D eigenvalue weighted by Crippen LogP contribution is 2.47. The van der Waals surface area contributed by atoms with Crippen molar-refractivity contribution >= 4 is 21.5 Å². The van der Waals surface area contributed by atoms with Gasteiger partial charge in [-0.25, -0.2) is 0 Å². The molecule has 6 aromatic carbocycles. The largest absolute Gasteiger partial charge is 0.488 e. The highest BCUT2D eigenvalue weighted by molar-refractivity contribution is 6.13. The maximum Gasteiger partial charge on any atom is 0.120 e. The third kappa shape index (κ3) is 7.63. The summed E-state index contributed by atoms with van der Waals surface area (Å²) in [4.78, 5) is 0. The highest BCUT2D eigenvalue weighted by Gasteiger charge is 2.22. The van der Waals surface area contributed by atoms with Crippen LogP contribution in [-0.4, -0.2) is 16.8 Å². The van der Waals surface area contributed by atoms with Gasteiger partial charge in [0.25, 0.3) is 0 Å². The molecule has 0 unspecified atom stereocenters. The molecule has 0 saturated carbocycles. The van der Waals surface area contributed by atoms with Crippen LogP contribution in [0.5, 0.6) is 17.2 Å². The van der Waals surface area contributed by atoms with E-state index >= 15 is 0 Å². The first-order valence-electron chi connectivity index (χ1n) is 16.5. The van der Waals surface area contributed by atoms with Crippen molar-refractivity contribution in [1.82, 2.24) is 0 Å². The third-order valence-electron chi connectivity index (χ3n) is 7.67. The van der Waals surface area contributed by atoms with Crippen LogP contribution >= 0.6 is 0 Å². The fourth-order valence-corrected chi connectivity index (χ4v) is 6.14. The Labute approximate surface area is 280 Å². The molecular weight excluding hydrogens is 576 g/mol. The Hall–Kier alpha value is -4.76. The van der Waals surface area contributed by atoms with Crippen molar-refractivity contribution in [2.24, 2.45) is 0 Å². The van der Waals surface area contributed by atoms with Gasteiger partial charge in [-0.1, -0.05) is 60.7 Å². The van der Waals surface area contributed by atoms with Gasteiger partial charge in [0, 0.05) is 0 Å². The van der Waals surface area contributed by atoms with Crippen LogP contribution in [0.4, 0.5) is 0 Å². The van der Waals surface area contributed by atoms with E-state index in [1.54, 1.807) is 0 Å². The van der Waals surface area contributed by atoms with Crippen LogP contribution in [-0.2, 0) is 0 Å². The van der Waals surface area contributed by atoms with Crippen LogP contribution in [0.2, 0.25) is 0 Å². The molecule has 47 heavy (non-hydrogen) atoms. The lowest BCUT2D eigenvalue weighted by atomic mass is 9.83. The number of hydrogen-bond acceptors (Lipinski definition) is 3. The van der Waals surface area contributed by atoms with Crippen molar-refractivity contribution in [3.05, 3.63) is 115 Å². The molecule has 0 spiro atoms. The fourth-order valence-electron chi connectivity index (χ4n) is 6.14. The van der Waals surface area contributed by atoms with Crippen LogP contribution in [0.3, 0.4) is 0 Å². The molecule has 6 aromatic rings. The lowest BCUT2D eigenvalue weighted by Gasteiger charge is -2.25. The Morgan fingerprint density at radius 1 is 0.362 bits per heavy atom. The van der Waals surface area contributed by atoms with Gasteiger partial charge in [-0.2, -0.15) is 0 Å². The third-order valence-corrected chi connectivity index (χ3v) is 7.67. The minimum atomic E-state index is -0.330. The molecule has 0 fully saturated rings. The molecule has 0 aliphatic heterocycles. The predicted octanol–water partition coefficient (Wildman–Crippen LogP) is 12.5. The normalized spacial score (nSPS) is 12.4. The standard InChI is InChI=1S/C44H46O3/c1-42(2,3)45-35-20-12-17-31(24-35)38-28-34-23-29-15-10-11-16-30(29)27-39(34)41(33-19-14-22-37(26-33)47-44(7,8)9)40(38)32-18-13-21-36(25-32)46-43(4,5)6/h10-28H,1-9H3. The van der Waals surface area contributed by atoms with Gasteiger partial charge in [0.15, 0.2) is 0 Å². The zero-order valence-corrected chi connectivity index (χ0v) is 29.2. The summed E-state index contributed by atoms with van der Waals surface area (Å²) in [5.74, 6) is 2.51. The molecule has 0 aliphatic carbocycles. The van der Waals surface area contributed by atoms with E-state index in [9.17, 15) is 0 Å². The van der Waals surface area contributed by atoms with Crippen molar-refractivity contribution in [1.29, 1.82) is 0 Å². The molecule has 6 rings (SSSR count). The summed E-state index contributed by atoms with van der Waals surface area (Å²) < 4.78 is 19.2. The number of fused-ring (bicyclic) bond motifs is 2. The Kier molecular flexibility index (Phi) is 8.30. The van der Waals surface area contributed by atoms with E-state index in [2.05, 4.69) is 159 Å². The number of rotatable bonds is 6. The van der Waals surface area contributed by atoms with E-state index in [-0.39, 0.29) is 16.8 Å². The average molecular weight is 623 g/mol. The summed E-state index contributed by atoms with van der Waals surface area (Å²) in [6.07, 6.45) is 0. The van der Waals surface area contributed by atoms with E-state index in [1.807, 2.05) is 18.2 Å². The summed E-state index contributed by atoms with van der Waals surface area (Å²) in [6.45, 7) is 18.7. The van der Waals surface area contributed by atoms with Crippen LogP contribution < -0.4 is 14.2 Å². The predicted molar refractivity (Wildman–Crippen MR) is 199 cm³/mol. The monoisotopic (exact) mass is 622 g/mol. The molecule has 0 radical (unpaired) electrons. The van der Waals surface area contributed by atoms with Gasteiger partial charge in [0.2, 0.25) is 0 Å². The molecule has 0 atom stereocenters. The molecule has 0 N–H and O–H groups in total. The number of hydrogen-bond donors (Lipinski definition) is 0. The first-order chi connectivity index (χ1) is 22.1. The summed E-state index contributed by atoms with van der Waals surface area (Å²) in [6, 6.07) is 41.0. The van der Waals surface area contributed by atoms with Gasteiger partial charge < -0.3 is 14.2 Å². The molecule has 240 valence electrons. The minimum Gasteiger partial charge on any atom is -0.488 e. The Morgan fingerprint density at radius 2 is 0.787 bits per heavy atom. The van der Waals surface area contributed by atoms with Gasteiger partial charge in [0.05, 0.1) is 0 Å². The number of benzene rings is 6. The van der Waals surface area contributed by atoms with Gasteiger partial charge in [0.1, 0.15) is 34.1 Å². The minimum absolute atomic E-state index is 0.318. The first-order valence-corrected chi connectivity index (χ1v) is 16.5. The Bertz CT molecular complexity index is 2070. The van der Waals surface area contributed by atoms with Gasteiger partial charge in [-0.3, -0.25) is 0 Å². The van der Waals surface area contributed by atoms with E-state index in [4.69, 9.17) is 14.2 Å². The zero-order chi connectivity index (χ0) is 33.6. The smallest absolute Gasteiger partial charge is 0.120 e. The fraction of sp³-hybridized carbons (Fsp3) is 0.273. The summed E-state index contributed by atoms with van der Waals surface area (Å²) in [7, 11) is 0. The number of ether oxygens (including phenoxy) is 3. The zero-order valence-electron chi connectivity index (χ0n) is 29.2. The molecule has 3 heteroatoms. The van der Waals surface area contributed by atoms with E-state index < -0.39 is 0 Å². The maximum absolute atomic E-state index is 6.41. The SMILES string of the molecule is CC(C)(C)Oc1cccc(-c2cc3cc4ccccc4cc3c(-c3cccc(OC(C)(C)C)c3)c2-c2cccc(OC(C)(C)C)c2)c1. The van der Waals surface area contributed by atoms with Crippen molar-refractivity contribution in [2.75, 3.05) is 0 Å². The Balaban J connectivity index is 1.73. The van der Waals surface area contributed by atoms with E-state index in [1.165, 1.54) is 21.5 Å². The molecule has 3 nitrogen and oxygen atoms in total. The molecule has 0 bridgehead atoms. The van der Waals surface area contributed by atoms with Gasteiger partial charge in [-0.05, 0) is 172 Å². The molecule has 0 heterocycles. The van der Waals surface area contributed by atoms with Crippen LogP contribution in [0, 0.1) is 0 Å². The molecule has 0 amide bonds. The van der Waals surface area contributed by atoms with Gasteiger partial charge in [-0.15, -0.1) is 0 Å². The molecular formula is C44H46O3. The van der Waals surface area contributed by atoms with Gasteiger partial charge >= 0.3 is 0 Å². The molecule has 0 saturated heterocycles. The van der Waals surface area contributed by atoms with E-state index in [0.717, 1.165) is 50.6 Å². The van der Waals surface area contributed by atoms with Crippen molar-refractivity contribution < 1.29 is 14.2 Å². The first kappa shape index (κ1) is 32.2.